The minimum atomic E-state index is -0.387. The molecule has 0 fully saturated rings. The number of hydrogen-bond acceptors (Lipinski definition) is 2. The highest BCUT2D eigenvalue weighted by Gasteiger charge is 2.15. The maximum Gasteiger partial charge on any atom is 0.128 e. The fraction of sp³-hybridized carbons (Fsp3) is 0.200. The zero-order chi connectivity index (χ0) is 13.8. The lowest BCUT2D eigenvalue weighted by Crippen LogP contribution is -2.30. The molecule has 0 aliphatic rings. The molecular weight excluding hydrogens is 246 g/mol. The normalized spacial score (nSPS) is 12.4. The van der Waals surface area contributed by atoms with Crippen LogP contribution in [-0.4, -0.2) is 0 Å². The molecule has 2 aromatic carbocycles. The molecule has 0 aromatic heterocycles. The Balaban J connectivity index is 2.29. The Labute approximate surface area is 111 Å². The van der Waals surface area contributed by atoms with Crippen LogP contribution in [0.5, 0.6) is 0 Å². The summed E-state index contributed by atoms with van der Waals surface area (Å²) in [5.74, 6) is 4.88. The molecule has 0 saturated heterocycles. The number of nitrogens with one attached hydrogen (secondary N) is 1. The Kier molecular flexibility index (Phi) is 4.24. The second kappa shape index (κ2) is 5.91. The molecule has 0 amide bonds. The van der Waals surface area contributed by atoms with E-state index in [-0.39, 0.29) is 17.7 Å². The summed E-state index contributed by atoms with van der Waals surface area (Å²) >= 11 is 0. The summed E-state index contributed by atoms with van der Waals surface area (Å²) in [7, 11) is 0. The predicted molar refractivity (Wildman–Crippen MR) is 71.3 cm³/mol. The smallest absolute Gasteiger partial charge is 0.128 e. The van der Waals surface area contributed by atoms with Crippen molar-refractivity contribution in [3.63, 3.8) is 0 Å². The Morgan fingerprint density at radius 1 is 1.16 bits per heavy atom. The van der Waals surface area contributed by atoms with Gasteiger partial charge in [-0.1, -0.05) is 24.3 Å². The number of hydrogen-bond donors (Lipinski definition) is 2. The maximum atomic E-state index is 13.7. The van der Waals surface area contributed by atoms with Crippen LogP contribution in [0.1, 0.15) is 22.7 Å². The van der Waals surface area contributed by atoms with Crippen LogP contribution in [0.25, 0.3) is 0 Å². The SMILES string of the molecule is Cc1ccc(F)cc1CC(NN)c1ccccc1F. The van der Waals surface area contributed by atoms with E-state index in [1.54, 1.807) is 24.3 Å². The van der Waals surface area contributed by atoms with Crippen molar-refractivity contribution in [2.24, 2.45) is 5.84 Å². The van der Waals surface area contributed by atoms with E-state index < -0.39 is 0 Å². The Morgan fingerprint density at radius 2 is 1.89 bits per heavy atom. The van der Waals surface area contributed by atoms with Crippen molar-refractivity contribution >= 4 is 0 Å². The number of aryl methyl sites for hydroxylation is 1. The number of nitrogens with two attached hydrogens (primary N) is 1. The van der Waals surface area contributed by atoms with Gasteiger partial charge in [0.15, 0.2) is 0 Å². The van der Waals surface area contributed by atoms with Gasteiger partial charge in [0.2, 0.25) is 0 Å². The van der Waals surface area contributed by atoms with E-state index in [1.807, 2.05) is 6.92 Å². The van der Waals surface area contributed by atoms with Gasteiger partial charge >= 0.3 is 0 Å². The lowest BCUT2D eigenvalue weighted by molar-refractivity contribution is 0.508. The monoisotopic (exact) mass is 262 g/mol. The van der Waals surface area contributed by atoms with Crippen LogP contribution in [0.2, 0.25) is 0 Å². The molecule has 1 atom stereocenters. The molecule has 0 aliphatic heterocycles. The molecule has 0 saturated carbocycles. The minimum Gasteiger partial charge on any atom is -0.271 e. The van der Waals surface area contributed by atoms with Crippen molar-refractivity contribution in [3.05, 3.63) is 70.8 Å². The van der Waals surface area contributed by atoms with Crippen LogP contribution in [0.3, 0.4) is 0 Å². The van der Waals surface area contributed by atoms with E-state index in [1.165, 1.54) is 18.2 Å². The van der Waals surface area contributed by atoms with Crippen LogP contribution >= 0.6 is 0 Å². The number of benzene rings is 2. The van der Waals surface area contributed by atoms with E-state index in [0.717, 1.165) is 11.1 Å². The molecule has 19 heavy (non-hydrogen) atoms. The highest BCUT2D eigenvalue weighted by molar-refractivity contribution is 5.30. The van der Waals surface area contributed by atoms with Crippen LogP contribution in [-0.2, 0) is 6.42 Å². The fourth-order valence-electron chi connectivity index (χ4n) is 2.10. The molecule has 0 radical (unpaired) electrons. The first-order chi connectivity index (χ1) is 9.11. The first kappa shape index (κ1) is 13.6. The Bertz CT molecular complexity index is 570. The van der Waals surface area contributed by atoms with Gasteiger partial charge in [-0.2, -0.15) is 0 Å². The van der Waals surface area contributed by atoms with Gasteiger partial charge in [-0.05, 0) is 42.7 Å². The van der Waals surface area contributed by atoms with Crippen molar-refractivity contribution in [3.8, 4) is 0 Å². The van der Waals surface area contributed by atoms with Crippen LogP contribution in [0.15, 0.2) is 42.5 Å². The second-order valence-corrected chi connectivity index (χ2v) is 4.52. The lowest BCUT2D eigenvalue weighted by atomic mass is 9.96. The summed E-state index contributed by atoms with van der Waals surface area (Å²) in [4.78, 5) is 0. The number of rotatable bonds is 4. The van der Waals surface area contributed by atoms with Crippen molar-refractivity contribution < 1.29 is 8.78 Å². The minimum absolute atomic E-state index is 0.301. The zero-order valence-corrected chi connectivity index (χ0v) is 10.7. The number of hydrazine groups is 1. The lowest BCUT2D eigenvalue weighted by Gasteiger charge is -2.18. The highest BCUT2D eigenvalue weighted by atomic mass is 19.1. The van der Waals surface area contributed by atoms with Gasteiger partial charge in [0.1, 0.15) is 11.6 Å². The van der Waals surface area contributed by atoms with Gasteiger partial charge in [0, 0.05) is 5.56 Å². The second-order valence-electron chi connectivity index (χ2n) is 4.52. The van der Waals surface area contributed by atoms with E-state index in [0.29, 0.717) is 12.0 Å². The molecule has 4 heteroatoms. The van der Waals surface area contributed by atoms with Crippen molar-refractivity contribution in [1.82, 2.24) is 5.43 Å². The van der Waals surface area contributed by atoms with Crippen molar-refractivity contribution in [1.29, 1.82) is 0 Å². The molecular formula is C15H16F2N2. The van der Waals surface area contributed by atoms with Crippen molar-refractivity contribution in [2.45, 2.75) is 19.4 Å². The molecule has 2 nitrogen and oxygen atoms in total. The van der Waals surface area contributed by atoms with E-state index in [2.05, 4.69) is 5.43 Å². The summed E-state index contributed by atoms with van der Waals surface area (Å²) in [6.45, 7) is 1.89. The molecule has 2 rings (SSSR count). The van der Waals surface area contributed by atoms with Gasteiger partial charge in [-0.25, -0.2) is 8.78 Å². The quantitative estimate of drug-likeness (QED) is 0.656. The summed E-state index contributed by atoms with van der Waals surface area (Å²) in [6, 6.07) is 10.6. The Hall–Kier alpha value is -1.78. The maximum absolute atomic E-state index is 13.7. The van der Waals surface area contributed by atoms with Gasteiger partial charge in [0.05, 0.1) is 6.04 Å². The molecule has 2 aromatic rings. The molecule has 0 spiro atoms. The van der Waals surface area contributed by atoms with E-state index >= 15 is 0 Å². The van der Waals surface area contributed by atoms with Crippen molar-refractivity contribution in [2.75, 3.05) is 0 Å². The summed E-state index contributed by atoms with van der Waals surface area (Å²) in [5, 5.41) is 0. The van der Waals surface area contributed by atoms with E-state index in [4.69, 9.17) is 5.84 Å². The van der Waals surface area contributed by atoms with E-state index in [9.17, 15) is 8.78 Å². The standard InChI is InChI=1S/C15H16F2N2/c1-10-6-7-12(16)8-11(10)9-15(19-18)13-4-2-3-5-14(13)17/h2-8,15,19H,9,18H2,1H3. The number of halogens is 2. The third-order valence-corrected chi connectivity index (χ3v) is 3.22. The highest BCUT2D eigenvalue weighted by Crippen LogP contribution is 2.22. The predicted octanol–water partition coefficient (Wildman–Crippen LogP) is 3.02. The average Bonchev–Trinajstić information content (AvgIpc) is 2.41. The van der Waals surface area contributed by atoms with Gasteiger partial charge < -0.3 is 0 Å². The van der Waals surface area contributed by atoms with Crippen LogP contribution in [0, 0.1) is 18.6 Å². The van der Waals surface area contributed by atoms with Crippen LogP contribution < -0.4 is 11.3 Å². The first-order valence-corrected chi connectivity index (χ1v) is 6.07. The molecule has 100 valence electrons. The van der Waals surface area contributed by atoms with Crippen LogP contribution in [0.4, 0.5) is 8.78 Å². The van der Waals surface area contributed by atoms with Gasteiger partial charge in [-0.15, -0.1) is 0 Å². The molecule has 1 unspecified atom stereocenters. The fourth-order valence-corrected chi connectivity index (χ4v) is 2.10. The Morgan fingerprint density at radius 3 is 2.58 bits per heavy atom. The summed E-state index contributed by atoms with van der Waals surface area (Å²) < 4.78 is 27.0. The third kappa shape index (κ3) is 3.16. The van der Waals surface area contributed by atoms with Gasteiger partial charge in [-0.3, -0.25) is 11.3 Å². The largest absolute Gasteiger partial charge is 0.271 e. The third-order valence-electron chi connectivity index (χ3n) is 3.22. The molecule has 0 aliphatic carbocycles. The summed E-state index contributed by atoms with van der Waals surface area (Å²) in [5.41, 5.74) is 4.84. The molecule has 0 heterocycles. The molecule has 3 N–H and O–H groups in total. The molecule has 0 bridgehead atoms. The summed E-state index contributed by atoms with van der Waals surface area (Å²) in [6.07, 6.45) is 0.432. The average molecular weight is 262 g/mol. The zero-order valence-electron chi connectivity index (χ0n) is 10.7. The first-order valence-electron chi connectivity index (χ1n) is 6.07. The van der Waals surface area contributed by atoms with Gasteiger partial charge in [0.25, 0.3) is 0 Å². The topological polar surface area (TPSA) is 38.0 Å².